The standard InChI is InChI=1S/C9H8BrN3/c10-6-3-7(8(12)13-4-6)9(5-11)1-2-9/h3-4H,1-2H2,(H2,12,13). The summed E-state index contributed by atoms with van der Waals surface area (Å²) in [6.45, 7) is 0. The average Bonchev–Trinajstić information content (AvgIpc) is 2.90. The molecule has 2 rings (SSSR count). The molecule has 0 aromatic carbocycles. The molecule has 1 aromatic heterocycles. The largest absolute Gasteiger partial charge is 0.383 e. The Kier molecular flexibility index (Phi) is 1.77. The van der Waals surface area contributed by atoms with Crippen LogP contribution in [0.2, 0.25) is 0 Å². The Labute approximate surface area is 84.7 Å². The first-order chi connectivity index (χ1) is 6.18. The number of anilines is 1. The summed E-state index contributed by atoms with van der Waals surface area (Å²) in [6, 6.07) is 4.18. The van der Waals surface area contributed by atoms with Gasteiger partial charge in [-0.05, 0) is 34.8 Å². The van der Waals surface area contributed by atoms with Crippen LogP contribution in [0, 0.1) is 11.3 Å². The van der Waals surface area contributed by atoms with Crippen LogP contribution in [0.25, 0.3) is 0 Å². The van der Waals surface area contributed by atoms with Crippen molar-refractivity contribution in [3.63, 3.8) is 0 Å². The topological polar surface area (TPSA) is 62.7 Å². The minimum atomic E-state index is -0.346. The molecule has 0 radical (unpaired) electrons. The summed E-state index contributed by atoms with van der Waals surface area (Å²) in [6.07, 6.45) is 3.43. The number of pyridine rings is 1. The molecule has 1 fully saturated rings. The smallest absolute Gasteiger partial charge is 0.128 e. The fraction of sp³-hybridized carbons (Fsp3) is 0.333. The van der Waals surface area contributed by atoms with Crippen molar-refractivity contribution < 1.29 is 0 Å². The van der Waals surface area contributed by atoms with E-state index in [1.807, 2.05) is 6.07 Å². The van der Waals surface area contributed by atoms with E-state index in [2.05, 4.69) is 27.0 Å². The van der Waals surface area contributed by atoms with Crippen molar-refractivity contribution in [1.29, 1.82) is 5.26 Å². The Morgan fingerprint density at radius 1 is 1.62 bits per heavy atom. The van der Waals surface area contributed by atoms with Crippen LogP contribution in [-0.4, -0.2) is 4.98 Å². The zero-order chi connectivity index (χ0) is 9.47. The molecule has 0 spiro atoms. The molecule has 1 heterocycles. The molecule has 0 unspecified atom stereocenters. The molecule has 0 atom stereocenters. The molecular weight excluding hydrogens is 230 g/mol. The maximum Gasteiger partial charge on any atom is 0.128 e. The van der Waals surface area contributed by atoms with Gasteiger partial charge in [0.05, 0.1) is 11.5 Å². The summed E-state index contributed by atoms with van der Waals surface area (Å²) in [5, 5.41) is 8.98. The van der Waals surface area contributed by atoms with E-state index in [0.717, 1.165) is 22.9 Å². The first kappa shape index (κ1) is 8.52. The number of nitriles is 1. The summed E-state index contributed by atoms with van der Waals surface area (Å²) in [4.78, 5) is 4.01. The van der Waals surface area contributed by atoms with Crippen molar-refractivity contribution in [2.24, 2.45) is 0 Å². The molecule has 0 bridgehead atoms. The van der Waals surface area contributed by atoms with Crippen molar-refractivity contribution in [2.75, 3.05) is 5.73 Å². The highest BCUT2D eigenvalue weighted by Gasteiger charge is 2.46. The third kappa shape index (κ3) is 1.29. The molecule has 1 aromatic rings. The molecule has 0 amide bonds. The van der Waals surface area contributed by atoms with Crippen LogP contribution in [0.4, 0.5) is 5.82 Å². The molecule has 2 N–H and O–H groups in total. The number of rotatable bonds is 1. The van der Waals surface area contributed by atoms with Gasteiger partial charge in [0.25, 0.3) is 0 Å². The molecule has 0 aliphatic heterocycles. The van der Waals surface area contributed by atoms with Gasteiger partial charge in [-0.15, -0.1) is 0 Å². The van der Waals surface area contributed by atoms with Gasteiger partial charge in [0.2, 0.25) is 0 Å². The van der Waals surface area contributed by atoms with Gasteiger partial charge in [-0.25, -0.2) is 4.98 Å². The van der Waals surface area contributed by atoms with Crippen LogP contribution in [0.5, 0.6) is 0 Å². The fourth-order valence-electron chi connectivity index (χ4n) is 1.40. The Balaban J connectivity index is 2.52. The SMILES string of the molecule is N#CC1(c2cc(Br)cnc2N)CC1. The lowest BCUT2D eigenvalue weighted by Crippen LogP contribution is -2.08. The highest BCUT2D eigenvalue weighted by atomic mass is 79.9. The Hall–Kier alpha value is -1.08. The van der Waals surface area contributed by atoms with E-state index >= 15 is 0 Å². The van der Waals surface area contributed by atoms with E-state index < -0.39 is 0 Å². The van der Waals surface area contributed by atoms with Crippen molar-refractivity contribution in [1.82, 2.24) is 4.98 Å². The minimum absolute atomic E-state index is 0.346. The number of hydrogen-bond acceptors (Lipinski definition) is 3. The molecule has 1 saturated carbocycles. The average molecular weight is 238 g/mol. The number of nitrogen functional groups attached to an aromatic ring is 1. The van der Waals surface area contributed by atoms with E-state index in [1.165, 1.54) is 0 Å². The van der Waals surface area contributed by atoms with Gasteiger partial charge in [-0.3, -0.25) is 0 Å². The monoisotopic (exact) mass is 237 g/mol. The van der Waals surface area contributed by atoms with Gasteiger partial charge < -0.3 is 5.73 Å². The molecular formula is C9H8BrN3. The van der Waals surface area contributed by atoms with E-state index in [9.17, 15) is 0 Å². The van der Waals surface area contributed by atoms with Gasteiger partial charge in [0, 0.05) is 16.2 Å². The third-order valence-electron chi connectivity index (χ3n) is 2.36. The van der Waals surface area contributed by atoms with Gasteiger partial charge in [0.1, 0.15) is 5.82 Å². The molecule has 0 saturated heterocycles. The van der Waals surface area contributed by atoms with E-state index in [0.29, 0.717) is 5.82 Å². The quantitative estimate of drug-likeness (QED) is 0.813. The predicted molar refractivity (Wildman–Crippen MR) is 52.9 cm³/mol. The summed E-state index contributed by atoms with van der Waals surface area (Å²) in [5.41, 5.74) is 6.23. The van der Waals surface area contributed by atoms with E-state index in [-0.39, 0.29) is 5.41 Å². The highest BCUT2D eigenvalue weighted by Crippen LogP contribution is 2.49. The lowest BCUT2D eigenvalue weighted by Gasteiger charge is -2.08. The van der Waals surface area contributed by atoms with Crippen molar-refractivity contribution in [2.45, 2.75) is 18.3 Å². The maximum atomic E-state index is 8.98. The predicted octanol–water partition coefficient (Wildman–Crippen LogP) is 1.98. The Morgan fingerprint density at radius 2 is 2.31 bits per heavy atom. The fourth-order valence-corrected chi connectivity index (χ4v) is 1.73. The minimum Gasteiger partial charge on any atom is -0.383 e. The number of hydrogen-bond donors (Lipinski definition) is 1. The van der Waals surface area contributed by atoms with Gasteiger partial charge >= 0.3 is 0 Å². The highest BCUT2D eigenvalue weighted by molar-refractivity contribution is 9.10. The summed E-state index contributed by atoms with van der Waals surface area (Å²) < 4.78 is 0.873. The zero-order valence-corrected chi connectivity index (χ0v) is 8.50. The van der Waals surface area contributed by atoms with Crippen LogP contribution in [0.1, 0.15) is 18.4 Å². The van der Waals surface area contributed by atoms with Crippen LogP contribution in [-0.2, 0) is 5.41 Å². The Morgan fingerprint density at radius 3 is 2.85 bits per heavy atom. The molecule has 4 heteroatoms. The van der Waals surface area contributed by atoms with Gasteiger partial charge in [0.15, 0.2) is 0 Å². The molecule has 3 nitrogen and oxygen atoms in total. The second-order valence-electron chi connectivity index (χ2n) is 3.28. The van der Waals surface area contributed by atoms with Crippen LogP contribution in [0.3, 0.4) is 0 Å². The number of halogens is 1. The van der Waals surface area contributed by atoms with Gasteiger partial charge in [-0.2, -0.15) is 5.26 Å². The molecule has 13 heavy (non-hydrogen) atoms. The normalized spacial score (nSPS) is 17.8. The van der Waals surface area contributed by atoms with Crippen LogP contribution < -0.4 is 5.73 Å². The molecule has 1 aliphatic carbocycles. The van der Waals surface area contributed by atoms with E-state index in [1.54, 1.807) is 6.20 Å². The molecule has 1 aliphatic rings. The zero-order valence-electron chi connectivity index (χ0n) is 6.92. The molecule has 66 valence electrons. The van der Waals surface area contributed by atoms with Crippen molar-refractivity contribution in [3.05, 3.63) is 22.3 Å². The van der Waals surface area contributed by atoms with E-state index in [4.69, 9.17) is 11.0 Å². The first-order valence-electron chi connectivity index (χ1n) is 4.01. The van der Waals surface area contributed by atoms with Crippen molar-refractivity contribution in [3.8, 4) is 6.07 Å². The summed E-state index contributed by atoms with van der Waals surface area (Å²) >= 11 is 3.32. The number of aromatic nitrogens is 1. The third-order valence-corrected chi connectivity index (χ3v) is 2.80. The van der Waals surface area contributed by atoms with Crippen LogP contribution >= 0.6 is 15.9 Å². The number of nitrogens with two attached hydrogens (primary N) is 1. The van der Waals surface area contributed by atoms with Gasteiger partial charge in [-0.1, -0.05) is 0 Å². The van der Waals surface area contributed by atoms with Crippen molar-refractivity contribution >= 4 is 21.7 Å². The number of nitrogens with zero attached hydrogens (tertiary/aromatic N) is 2. The van der Waals surface area contributed by atoms with Crippen LogP contribution in [0.15, 0.2) is 16.7 Å². The summed E-state index contributed by atoms with van der Waals surface area (Å²) in [5.74, 6) is 0.474. The lowest BCUT2D eigenvalue weighted by atomic mass is 9.99. The summed E-state index contributed by atoms with van der Waals surface area (Å²) in [7, 11) is 0. The maximum absolute atomic E-state index is 8.98. The second kappa shape index (κ2) is 2.71. The first-order valence-corrected chi connectivity index (χ1v) is 4.80. The Bertz CT molecular complexity index is 390. The lowest BCUT2D eigenvalue weighted by molar-refractivity contribution is 0.901. The second-order valence-corrected chi connectivity index (χ2v) is 4.20.